The second-order valence-corrected chi connectivity index (χ2v) is 5.41. The number of hydrogen-bond donors (Lipinski definition) is 3. The molecule has 2 heterocycles. The molecule has 0 saturated carbocycles. The Kier molecular flexibility index (Phi) is 4.59. The molecule has 0 radical (unpaired) electrons. The predicted molar refractivity (Wildman–Crippen MR) is 76.0 cm³/mol. The smallest absolute Gasteiger partial charge is 0.331 e. The summed E-state index contributed by atoms with van der Waals surface area (Å²) in [5.74, 6) is -0.112. The molecule has 3 N–H and O–H groups in total. The fourth-order valence-electron chi connectivity index (χ4n) is 1.71. The largest absolute Gasteiger partial charge is 0.479 e. The van der Waals surface area contributed by atoms with Gasteiger partial charge in [0.05, 0.1) is 6.20 Å². The van der Waals surface area contributed by atoms with Crippen molar-refractivity contribution in [1.82, 2.24) is 15.6 Å². The Labute approximate surface area is 125 Å². The molecule has 2 rings (SSSR count). The van der Waals surface area contributed by atoms with Crippen molar-refractivity contribution in [2.24, 2.45) is 0 Å². The molecule has 0 aliphatic rings. The van der Waals surface area contributed by atoms with Gasteiger partial charge in [-0.2, -0.15) is 0 Å². The summed E-state index contributed by atoms with van der Waals surface area (Å²) in [6.07, 6.45) is 1.55. The summed E-state index contributed by atoms with van der Waals surface area (Å²) in [7, 11) is 0. The van der Waals surface area contributed by atoms with E-state index in [-0.39, 0.29) is 0 Å². The van der Waals surface area contributed by atoms with Gasteiger partial charge in [0.25, 0.3) is 0 Å². The Bertz CT molecular complexity index is 623. The number of carboxylic acid groups (broad SMARTS) is 1. The van der Waals surface area contributed by atoms with E-state index in [0.717, 1.165) is 0 Å². The minimum Gasteiger partial charge on any atom is -0.479 e. The van der Waals surface area contributed by atoms with E-state index in [2.05, 4.69) is 15.6 Å². The topological polar surface area (TPSA) is 104 Å². The molecule has 8 heteroatoms. The molecule has 0 bridgehead atoms. The van der Waals surface area contributed by atoms with Gasteiger partial charge in [-0.15, -0.1) is 11.3 Å². The zero-order chi connectivity index (χ0) is 15.4. The third kappa shape index (κ3) is 3.82. The standard InChI is InChI=1S/C13H15N3O4S/c1-7-6-14-11(20-7)8(2)15-13(19)16-10(12(17)18)9-4-3-5-21-9/h3-6,8,10H,1-2H3,(H,17,18)(H2,15,16,19). The molecule has 2 amide bonds. The van der Waals surface area contributed by atoms with Crippen molar-refractivity contribution >= 4 is 23.3 Å². The number of carbonyl (C=O) groups excluding carboxylic acids is 1. The molecule has 0 fully saturated rings. The van der Waals surface area contributed by atoms with Gasteiger partial charge in [-0.05, 0) is 25.3 Å². The van der Waals surface area contributed by atoms with Crippen molar-refractivity contribution in [3.05, 3.63) is 40.2 Å². The molecule has 0 saturated heterocycles. The molecular weight excluding hydrogens is 294 g/mol. The van der Waals surface area contributed by atoms with Crippen LogP contribution in [-0.4, -0.2) is 22.1 Å². The van der Waals surface area contributed by atoms with Gasteiger partial charge in [0.2, 0.25) is 5.89 Å². The van der Waals surface area contributed by atoms with Gasteiger partial charge in [-0.3, -0.25) is 0 Å². The second-order valence-electron chi connectivity index (χ2n) is 4.44. The number of oxazole rings is 1. The summed E-state index contributed by atoms with van der Waals surface area (Å²) in [6.45, 7) is 3.45. The fourth-order valence-corrected chi connectivity index (χ4v) is 2.48. The monoisotopic (exact) mass is 309 g/mol. The first-order chi connectivity index (χ1) is 9.97. The van der Waals surface area contributed by atoms with E-state index >= 15 is 0 Å². The summed E-state index contributed by atoms with van der Waals surface area (Å²) in [5.41, 5.74) is 0. The van der Waals surface area contributed by atoms with Crippen LogP contribution < -0.4 is 10.6 Å². The summed E-state index contributed by atoms with van der Waals surface area (Å²) in [6, 6.07) is 1.25. The SMILES string of the molecule is Cc1cnc(C(C)NC(=O)NC(C(=O)O)c2cccs2)o1. The summed E-state index contributed by atoms with van der Waals surface area (Å²) < 4.78 is 5.30. The van der Waals surface area contributed by atoms with Crippen molar-refractivity contribution in [2.75, 3.05) is 0 Å². The van der Waals surface area contributed by atoms with Crippen LogP contribution in [0.2, 0.25) is 0 Å². The third-order valence-electron chi connectivity index (χ3n) is 2.71. The third-order valence-corrected chi connectivity index (χ3v) is 3.64. The van der Waals surface area contributed by atoms with E-state index in [4.69, 9.17) is 4.42 Å². The highest BCUT2D eigenvalue weighted by molar-refractivity contribution is 7.10. The minimum absolute atomic E-state index is 0.366. The van der Waals surface area contributed by atoms with Crippen molar-refractivity contribution < 1.29 is 19.1 Å². The van der Waals surface area contributed by atoms with Crippen LogP contribution in [0.5, 0.6) is 0 Å². The zero-order valence-electron chi connectivity index (χ0n) is 11.5. The molecule has 0 aliphatic carbocycles. The highest BCUT2D eigenvalue weighted by Crippen LogP contribution is 2.19. The van der Waals surface area contributed by atoms with Crippen LogP contribution in [0, 0.1) is 6.92 Å². The number of nitrogens with one attached hydrogen (secondary N) is 2. The van der Waals surface area contributed by atoms with Gasteiger partial charge in [-0.1, -0.05) is 6.07 Å². The lowest BCUT2D eigenvalue weighted by Gasteiger charge is -2.16. The van der Waals surface area contributed by atoms with Crippen LogP contribution in [0.3, 0.4) is 0 Å². The van der Waals surface area contributed by atoms with E-state index in [1.54, 1.807) is 37.6 Å². The van der Waals surface area contributed by atoms with Gasteiger partial charge in [0.1, 0.15) is 11.8 Å². The molecule has 7 nitrogen and oxygen atoms in total. The van der Waals surface area contributed by atoms with Crippen LogP contribution in [0.1, 0.15) is 35.5 Å². The Morgan fingerprint density at radius 1 is 1.43 bits per heavy atom. The quantitative estimate of drug-likeness (QED) is 0.785. The lowest BCUT2D eigenvalue weighted by molar-refractivity contribution is -0.139. The highest BCUT2D eigenvalue weighted by atomic mass is 32.1. The number of urea groups is 1. The van der Waals surface area contributed by atoms with E-state index in [9.17, 15) is 14.7 Å². The maximum absolute atomic E-state index is 11.9. The number of nitrogens with zero attached hydrogens (tertiary/aromatic N) is 1. The number of aliphatic carboxylic acids is 1. The van der Waals surface area contributed by atoms with Crippen LogP contribution >= 0.6 is 11.3 Å². The zero-order valence-corrected chi connectivity index (χ0v) is 12.3. The lowest BCUT2D eigenvalue weighted by atomic mass is 10.2. The predicted octanol–water partition coefficient (Wildman–Crippen LogP) is 2.23. The molecule has 2 aromatic heterocycles. The molecule has 112 valence electrons. The van der Waals surface area contributed by atoms with E-state index in [1.165, 1.54) is 11.3 Å². The minimum atomic E-state index is -1.12. The van der Waals surface area contributed by atoms with Crippen molar-refractivity contribution in [2.45, 2.75) is 25.9 Å². The van der Waals surface area contributed by atoms with E-state index in [0.29, 0.717) is 16.5 Å². The molecule has 21 heavy (non-hydrogen) atoms. The van der Waals surface area contributed by atoms with Crippen LogP contribution in [0.25, 0.3) is 0 Å². The van der Waals surface area contributed by atoms with Gasteiger partial charge in [0.15, 0.2) is 6.04 Å². The number of aromatic nitrogens is 1. The van der Waals surface area contributed by atoms with Crippen molar-refractivity contribution in [1.29, 1.82) is 0 Å². The van der Waals surface area contributed by atoms with Crippen LogP contribution in [0.4, 0.5) is 4.79 Å². The average molecular weight is 309 g/mol. The summed E-state index contributed by atoms with van der Waals surface area (Å²) >= 11 is 1.27. The van der Waals surface area contributed by atoms with Gasteiger partial charge >= 0.3 is 12.0 Å². The molecule has 2 aromatic rings. The van der Waals surface area contributed by atoms with Crippen LogP contribution in [-0.2, 0) is 4.79 Å². The first-order valence-electron chi connectivity index (χ1n) is 6.23. The Morgan fingerprint density at radius 2 is 2.19 bits per heavy atom. The number of rotatable bonds is 5. The van der Waals surface area contributed by atoms with Gasteiger partial charge in [-0.25, -0.2) is 14.6 Å². The van der Waals surface area contributed by atoms with Crippen LogP contribution in [0.15, 0.2) is 28.1 Å². The molecule has 0 aliphatic heterocycles. The number of hydrogen-bond acceptors (Lipinski definition) is 5. The van der Waals surface area contributed by atoms with Gasteiger partial charge in [0, 0.05) is 4.88 Å². The number of carbonyl (C=O) groups is 2. The number of amides is 2. The summed E-state index contributed by atoms with van der Waals surface area (Å²) in [4.78, 5) is 27.7. The first-order valence-corrected chi connectivity index (χ1v) is 7.11. The number of aryl methyl sites for hydroxylation is 1. The average Bonchev–Trinajstić information content (AvgIpc) is 3.06. The van der Waals surface area contributed by atoms with Gasteiger partial charge < -0.3 is 20.2 Å². The highest BCUT2D eigenvalue weighted by Gasteiger charge is 2.24. The molecule has 2 atom stereocenters. The first kappa shape index (κ1) is 15.0. The Morgan fingerprint density at radius 3 is 2.71 bits per heavy atom. The Hall–Kier alpha value is -2.35. The number of carboxylic acids is 1. The molecule has 2 unspecified atom stereocenters. The maximum Gasteiger partial charge on any atom is 0.331 e. The second kappa shape index (κ2) is 6.40. The molecular formula is C13H15N3O4S. The lowest BCUT2D eigenvalue weighted by Crippen LogP contribution is -2.41. The number of thiophene rings is 1. The van der Waals surface area contributed by atoms with E-state index < -0.39 is 24.1 Å². The van der Waals surface area contributed by atoms with E-state index in [1.807, 2.05) is 0 Å². The Balaban J connectivity index is 1.98. The summed E-state index contributed by atoms with van der Waals surface area (Å²) in [5, 5.41) is 15.9. The molecule has 0 aromatic carbocycles. The normalized spacial score (nSPS) is 13.4. The maximum atomic E-state index is 11.9. The van der Waals surface area contributed by atoms with Crippen molar-refractivity contribution in [3.63, 3.8) is 0 Å². The fraction of sp³-hybridized carbons (Fsp3) is 0.308. The molecule has 0 spiro atoms. The van der Waals surface area contributed by atoms with Crippen molar-refractivity contribution in [3.8, 4) is 0 Å².